The number of hydrogen-bond donors (Lipinski definition) is 2. The van der Waals surface area contributed by atoms with Gasteiger partial charge in [-0.25, -0.2) is 0 Å². The van der Waals surface area contributed by atoms with Crippen molar-refractivity contribution < 1.29 is 0 Å². The molecule has 1 aliphatic rings. The highest BCUT2D eigenvalue weighted by Crippen LogP contribution is 2.30. The van der Waals surface area contributed by atoms with E-state index in [9.17, 15) is 0 Å². The molecule has 0 aliphatic heterocycles. The van der Waals surface area contributed by atoms with Crippen molar-refractivity contribution in [1.29, 1.82) is 0 Å². The second kappa shape index (κ2) is 6.60. The summed E-state index contributed by atoms with van der Waals surface area (Å²) in [7, 11) is 0. The number of aromatic nitrogens is 2. The van der Waals surface area contributed by atoms with Crippen molar-refractivity contribution in [3.8, 4) is 0 Å². The third-order valence-electron chi connectivity index (χ3n) is 3.97. The minimum Gasteiger partial charge on any atom is -0.367 e. The number of hydrogen-bond acceptors (Lipinski definition) is 2. The Balaban J connectivity index is 1.83. The molecule has 0 unspecified atom stereocenters. The maximum atomic E-state index is 4.35. The summed E-state index contributed by atoms with van der Waals surface area (Å²) in [5.74, 6) is 2.73. The molecule has 4 heteroatoms. The van der Waals surface area contributed by atoms with E-state index < -0.39 is 0 Å². The van der Waals surface area contributed by atoms with Crippen LogP contribution in [0.15, 0.2) is 4.47 Å². The molecule has 3 nitrogen and oxygen atoms in total. The van der Waals surface area contributed by atoms with Crippen molar-refractivity contribution in [2.24, 2.45) is 11.8 Å². The Morgan fingerprint density at radius 1 is 1.33 bits per heavy atom. The Labute approximate surface area is 118 Å². The minimum atomic E-state index is 0.819. The highest BCUT2D eigenvalue weighted by molar-refractivity contribution is 9.10. The Bertz CT molecular complexity index is 367. The van der Waals surface area contributed by atoms with E-state index in [0.29, 0.717) is 0 Å². The lowest BCUT2D eigenvalue weighted by Gasteiger charge is -2.26. The predicted octanol–water partition coefficient (Wildman–Crippen LogP) is 4.36. The standard InChI is InChI=1S/C14H24BrN3/c1-3-4-12-13(15)14(18-17-12)16-9-11-7-5-10(2)6-8-11/h10-11H,3-9H2,1-2H3,(H2,16,17,18). The SMILES string of the molecule is CCCc1[nH]nc(NCC2CCC(C)CC2)c1Br. The summed E-state index contributed by atoms with van der Waals surface area (Å²) < 4.78 is 1.12. The van der Waals surface area contributed by atoms with Crippen molar-refractivity contribution in [3.63, 3.8) is 0 Å². The van der Waals surface area contributed by atoms with Gasteiger partial charge >= 0.3 is 0 Å². The lowest BCUT2D eigenvalue weighted by atomic mass is 9.83. The van der Waals surface area contributed by atoms with E-state index in [-0.39, 0.29) is 0 Å². The zero-order valence-electron chi connectivity index (χ0n) is 11.4. The molecule has 1 heterocycles. The maximum absolute atomic E-state index is 4.35. The van der Waals surface area contributed by atoms with Crippen molar-refractivity contribution in [1.82, 2.24) is 10.2 Å². The van der Waals surface area contributed by atoms with Crippen molar-refractivity contribution >= 4 is 21.7 Å². The first-order valence-electron chi connectivity index (χ1n) is 7.17. The van der Waals surface area contributed by atoms with Crippen molar-refractivity contribution in [2.75, 3.05) is 11.9 Å². The number of nitrogens with one attached hydrogen (secondary N) is 2. The molecule has 0 radical (unpaired) electrons. The number of H-pyrrole nitrogens is 1. The summed E-state index contributed by atoms with van der Waals surface area (Å²) in [6.45, 7) is 5.61. The highest BCUT2D eigenvalue weighted by atomic mass is 79.9. The molecular weight excluding hydrogens is 290 g/mol. The summed E-state index contributed by atoms with van der Waals surface area (Å²) in [6, 6.07) is 0. The van der Waals surface area contributed by atoms with Gasteiger partial charge in [-0.05, 0) is 47.0 Å². The summed E-state index contributed by atoms with van der Waals surface area (Å²) in [4.78, 5) is 0. The summed E-state index contributed by atoms with van der Waals surface area (Å²) in [5, 5.41) is 10.9. The van der Waals surface area contributed by atoms with Gasteiger partial charge in [0, 0.05) is 6.54 Å². The smallest absolute Gasteiger partial charge is 0.162 e. The predicted molar refractivity (Wildman–Crippen MR) is 79.9 cm³/mol. The number of anilines is 1. The number of halogens is 1. The average Bonchev–Trinajstić information content (AvgIpc) is 2.71. The monoisotopic (exact) mass is 313 g/mol. The fraction of sp³-hybridized carbons (Fsp3) is 0.786. The van der Waals surface area contributed by atoms with Crippen LogP contribution in [0.25, 0.3) is 0 Å². The molecule has 0 bridgehead atoms. The van der Waals surface area contributed by atoms with Crippen molar-refractivity contribution in [3.05, 3.63) is 10.2 Å². The molecule has 0 spiro atoms. The van der Waals surface area contributed by atoms with E-state index >= 15 is 0 Å². The largest absolute Gasteiger partial charge is 0.367 e. The van der Waals surface area contributed by atoms with Gasteiger partial charge < -0.3 is 5.32 Å². The number of aryl methyl sites for hydroxylation is 1. The first kappa shape index (κ1) is 13.9. The van der Waals surface area contributed by atoms with Gasteiger partial charge in [-0.2, -0.15) is 5.10 Å². The third kappa shape index (κ3) is 3.50. The van der Waals surface area contributed by atoms with E-state index in [4.69, 9.17) is 0 Å². The molecule has 1 fully saturated rings. The molecule has 1 saturated carbocycles. The number of rotatable bonds is 5. The maximum Gasteiger partial charge on any atom is 0.162 e. The Morgan fingerprint density at radius 3 is 2.72 bits per heavy atom. The molecule has 2 rings (SSSR count). The van der Waals surface area contributed by atoms with E-state index in [2.05, 4.69) is 45.3 Å². The number of nitrogens with zero attached hydrogens (tertiary/aromatic N) is 1. The lowest BCUT2D eigenvalue weighted by Crippen LogP contribution is -2.20. The van der Waals surface area contributed by atoms with Crippen LogP contribution in [-0.4, -0.2) is 16.7 Å². The van der Waals surface area contributed by atoms with Gasteiger partial charge in [0.15, 0.2) is 5.82 Å². The van der Waals surface area contributed by atoms with Gasteiger partial charge in [-0.15, -0.1) is 0 Å². The minimum absolute atomic E-state index is 0.819. The van der Waals surface area contributed by atoms with Crippen LogP contribution in [0.1, 0.15) is 51.6 Å². The first-order valence-corrected chi connectivity index (χ1v) is 7.96. The quantitative estimate of drug-likeness (QED) is 0.847. The second-order valence-electron chi connectivity index (χ2n) is 5.62. The summed E-state index contributed by atoms with van der Waals surface area (Å²) in [5.41, 5.74) is 1.21. The van der Waals surface area contributed by atoms with Gasteiger partial charge in [0.1, 0.15) is 0 Å². The van der Waals surface area contributed by atoms with E-state index in [1.165, 1.54) is 31.4 Å². The van der Waals surface area contributed by atoms with Gasteiger partial charge in [0.2, 0.25) is 0 Å². The first-order chi connectivity index (χ1) is 8.70. The van der Waals surface area contributed by atoms with Crippen LogP contribution in [0.4, 0.5) is 5.82 Å². The average molecular weight is 314 g/mol. The van der Waals surface area contributed by atoms with E-state index in [1.807, 2.05) is 0 Å². The number of aromatic amines is 1. The molecule has 1 aromatic heterocycles. The Hall–Kier alpha value is -0.510. The lowest BCUT2D eigenvalue weighted by molar-refractivity contribution is 0.300. The second-order valence-corrected chi connectivity index (χ2v) is 6.41. The van der Waals surface area contributed by atoms with Crippen LogP contribution >= 0.6 is 15.9 Å². The molecule has 1 aliphatic carbocycles. The normalized spacial score (nSPS) is 24.2. The molecule has 1 aromatic rings. The van der Waals surface area contributed by atoms with Crippen LogP contribution in [0.2, 0.25) is 0 Å². The zero-order valence-corrected chi connectivity index (χ0v) is 13.0. The van der Waals surface area contributed by atoms with E-state index in [0.717, 1.165) is 41.5 Å². The molecule has 18 heavy (non-hydrogen) atoms. The Morgan fingerprint density at radius 2 is 2.06 bits per heavy atom. The molecule has 0 saturated heterocycles. The Kier molecular flexibility index (Phi) is 5.10. The van der Waals surface area contributed by atoms with Crippen LogP contribution in [0, 0.1) is 11.8 Å². The van der Waals surface area contributed by atoms with Gasteiger partial charge in [0.05, 0.1) is 10.2 Å². The molecular formula is C14H24BrN3. The fourth-order valence-electron chi connectivity index (χ4n) is 2.67. The van der Waals surface area contributed by atoms with Gasteiger partial charge in [-0.1, -0.05) is 33.1 Å². The van der Waals surface area contributed by atoms with E-state index in [1.54, 1.807) is 0 Å². The van der Waals surface area contributed by atoms with Crippen LogP contribution in [0.5, 0.6) is 0 Å². The van der Waals surface area contributed by atoms with Crippen LogP contribution in [0.3, 0.4) is 0 Å². The fourth-order valence-corrected chi connectivity index (χ4v) is 3.19. The highest BCUT2D eigenvalue weighted by Gasteiger charge is 2.19. The van der Waals surface area contributed by atoms with Crippen molar-refractivity contribution in [2.45, 2.75) is 52.4 Å². The molecule has 102 valence electrons. The summed E-state index contributed by atoms with van der Waals surface area (Å²) >= 11 is 3.63. The van der Waals surface area contributed by atoms with Crippen LogP contribution in [-0.2, 0) is 6.42 Å². The van der Waals surface area contributed by atoms with Crippen LogP contribution < -0.4 is 5.32 Å². The third-order valence-corrected chi connectivity index (χ3v) is 4.82. The molecule has 0 amide bonds. The van der Waals surface area contributed by atoms with Gasteiger partial charge in [-0.3, -0.25) is 5.10 Å². The van der Waals surface area contributed by atoms with Gasteiger partial charge in [0.25, 0.3) is 0 Å². The molecule has 0 atom stereocenters. The zero-order chi connectivity index (χ0) is 13.0. The summed E-state index contributed by atoms with van der Waals surface area (Å²) in [6.07, 6.45) is 7.68. The molecule has 0 aromatic carbocycles. The topological polar surface area (TPSA) is 40.7 Å². The molecule has 2 N–H and O–H groups in total.